The van der Waals surface area contributed by atoms with Crippen molar-refractivity contribution in [2.45, 2.75) is 12.3 Å². The molecule has 178 valence electrons. The van der Waals surface area contributed by atoms with Crippen LogP contribution >= 0.6 is 0 Å². The van der Waals surface area contributed by atoms with E-state index in [0.717, 1.165) is 6.07 Å². The summed E-state index contributed by atoms with van der Waals surface area (Å²) in [5.74, 6) is -0.312. The number of ether oxygens (including phenoxy) is 1. The van der Waals surface area contributed by atoms with Crippen LogP contribution in [0.5, 0.6) is 5.88 Å². The molecule has 3 N–H and O–H groups in total. The van der Waals surface area contributed by atoms with E-state index in [1.165, 1.54) is 35.1 Å². The SMILES string of the molecule is O=C(Nc1ccccc1C(F)(F)F)c1cnc2cccnn12.OCC(CO)Oc1ccccn1. The molecule has 1 amide bonds. The van der Waals surface area contributed by atoms with Crippen molar-refractivity contribution in [3.63, 3.8) is 0 Å². The number of nitrogens with one attached hydrogen (secondary N) is 1. The zero-order chi connectivity index (χ0) is 24.6. The number of rotatable bonds is 6. The Bertz CT molecular complexity index is 1210. The van der Waals surface area contributed by atoms with Crippen LogP contribution in [0.4, 0.5) is 18.9 Å². The Morgan fingerprint density at radius 2 is 1.74 bits per heavy atom. The van der Waals surface area contributed by atoms with E-state index >= 15 is 0 Å². The highest BCUT2D eigenvalue weighted by molar-refractivity contribution is 6.03. The summed E-state index contributed by atoms with van der Waals surface area (Å²) in [5, 5.41) is 23.5. The van der Waals surface area contributed by atoms with Gasteiger partial charge in [0.15, 0.2) is 11.3 Å². The number of fused-ring (bicyclic) bond motifs is 1. The van der Waals surface area contributed by atoms with Gasteiger partial charge in [-0.05, 0) is 30.3 Å². The summed E-state index contributed by atoms with van der Waals surface area (Å²) in [5.41, 5.74) is -0.750. The molecule has 34 heavy (non-hydrogen) atoms. The van der Waals surface area contributed by atoms with Gasteiger partial charge in [-0.15, -0.1) is 0 Å². The Kier molecular flexibility index (Phi) is 8.11. The molecule has 0 radical (unpaired) electrons. The molecule has 9 nitrogen and oxygen atoms in total. The molecule has 0 spiro atoms. The van der Waals surface area contributed by atoms with Gasteiger partial charge in [0.05, 0.1) is 30.7 Å². The summed E-state index contributed by atoms with van der Waals surface area (Å²) < 4.78 is 45.1. The number of amides is 1. The van der Waals surface area contributed by atoms with Crippen LogP contribution in [0.2, 0.25) is 0 Å². The zero-order valence-corrected chi connectivity index (χ0v) is 17.6. The second-order valence-electron chi connectivity index (χ2n) is 6.71. The average Bonchev–Trinajstić information content (AvgIpc) is 3.28. The molecule has 4 rings (SSSR count). The summed E-state index contributed by atoms with van der Waals surface area (Å²) in [6, 6.07) is 13.2. The molecule has 0 bridgehead atoms. The third-order valence-electron chi connectivity index (χ3n) is 4.32. The molecule has 0 unspecified atom stereocenters. The molecular formula is C22H20F3N5O4. The lowest BCUT2D eigenvalue weighted by Gasteiger charge is -2.13. The Morgan fingerprint density at radius 3 is 2.41 bits per heavy atom. The second-order valence-corrected chi connectivity index (χ2v) is 6.71. The number of aliphatic hydroxyl groups excluding tert-OH is 2. The minimum absolute atomic E-state index is 0.0487. The van der Waals surface area contributed by atoms with Crippen molar-refractivity contribution in [1.82, 2.24) is 19.6 Å². The number of anilines is 1. The van der Waals surface area contributed by atoms with Gasteiger partial charge in [0, 0.05) is 18.5 Å². The van der Waals surface area contributed by atoms with Gasteiger partial charge < -0.3 is 20.3 Å². The molecule has 0 aliphatic carbocycles. The number of carbonyl (C=O) groups excluding carboxylic acids is 1. The maximum absolute atomic E-state index is 12.9. The lowest BCUT2D eigenvalue weighted by molar-refractivity contribution is -0.136. The zero-order valence-electron chi connectivity index (χ0n) is 17.6. The van der Waals surface area contributed by atoms with Gasteiger partial charge in [-0.1, -0.05) is 18.2 Å². The van der Waals surface area contributed by atoms with Gasteiger partial charge in [0.2, 0.25) is 5.88 Å². The Morgan fingerprint density at radius 1 is 1.00 bits per heavy atom. The van der Waals surface area contributed by atoms with Crippen molar-refractivity contribution in [3.05, 3.63) is 84.4 Å². The van der Waals surface area contributed by atoms with E-state index in [1.54, 1.807) is 36.5 Å². The van der Waals surface area contributed by atoms with Crippen molar-refractivity contribution in [2.75, 3.05) is 18.5 Å². The van der Waals surface area contributed by atoms with E-state index < -0.39 is 23.8 Å². The fourth-order valence-corrected chi connectivity index (χ4v) is 2.73. The van der Waals surface area contributed by atoms with Crippen LogP contribution < -0.4 is 10.1 Å². The van der Waals surface area contributed by atoms with E-state index in [-0.39, 0.29) is 24.6 Å². The molecule has 0 saturated heterocycles. The summed E-state index contributed by atoms with van der Waals surface area (Å²) in [7, 11) is 0. The quantitative estimate of drug-likeness (QED) is 0.392. The van der Waals surface area contributed by atoms with Crippen molar-refractivity contribution >= 4 is 17.2 Å². The summed E-state index contributed by atoms with van der Waals surface area (Å²) in [6.45, 7) is -0.430. The molecule has 0 atom stereocenters. The van der Waals surface area contributed by atoms with Crippen molar-refractivity contribution in [2.24, 2.45) is 0 Å². The predicted octanol–water partition coefficient (Wildman–Crippen LogP) is 2.81. The van der Waals surface area contributed by atoms with E-state index in [1.807, 2.05) is 0 Å². The van der Waals surface area contributed by atoms with Crippen LogP contribution in [0.15, 0.2) is 73.2 Å². The highest BCUT2D eigenvalue weighted by Crippen LogP contribution is 2.34. The van der Waals surface area contributed by atoms with Crippen LogP contribution in [0, 0.1) is 0 Å². The predicted molar refractivity (Wildman–Crippen MR) is 115 cm³/mol. The number of imidazole rings is 1. The summed E-state index contributed by atoms with van der Waals surface area (Å²) >= 11 is 0. The van der Waals surface area contributed by atoms with Crippen molar-refractivity contribution in [3.8, 4) is 5.88 Å². The number of halogens is 3. The number of nitrogens with zero attached hydrogens (tertiary/aromatic N) is 4. The Hall–Kier alpha value is -4.03. The van der Waals surface area contributed by atoms with Crippen LogP contribution in [-0.4, -0.2) is 55.0 Å². The number of pyridine rings is 1. The number of carbonyl (C=O) groups is 1. The van der Waals surface area contributed by atoms with E-state index in [0.29, 0.717) is 11.5 Å². The number of hydrogen-bond donors (Lipinski definition) is 3. The molecule has 0 aliphatic heterocycles. The highest BCUT2D eigenvalue weighted by atomic mass is 19.4. The summed E-state index contributed by atoms with van der Waals surface area (Å²) in [6.07, 6.45) is -0.842. The molecule has 4 aromatic rings. The number of hydrogen-bond acceptors (Lipinski definition) is 7. The van der Waals surface area contributed by atoms with Gasteiger partial charge in [-0.25, -0.2) is 14.5 Å². The largest absolute Gasteiger partial charge is 0.469 e. The van der Waals surface area contributed by atoms with Crippen LogP contribution in [-0.2, 0) is 6.18 Å². The molecule has 0 fully saturated rings. The van der Waals surface area contributed by atoms with Gasteiger partial charge in [-0.2, -0.15) is 18.3 Å². The van der Waals surface area contributed by atoms with Crippen molar-refractivity contribution in [1.29, 1.82) is 0 Å². The smallest absolute Gasteiger partial charge is 0.418 e. The molecule has 3 heterocycles. The van der Waals surface area contributed by atoms with Gasteiger partial charge in [0.1, 0.15) is 6.10 Å². The van der Waals surface area contributed by atoms with Crippen molar-refractivity contribution < 1.29 is 32.9 Å². The Balaban J connectivity index is 0.000000229. The topological polar surface area (TPSA) is 122 Å². The number of aliphatic hydroxyl groups is 2. The lowest BCUT2D eigenvalue weighted by Crippen LogP contribution is -2.25. The van der Waals surface area contributed by atoms with E-state index in [9.17, 15) is 18.0 Å². The molecular weight excluding hydrogens is 455 g/mol. The minimum Gasteiger partial charge on any atom is -0.469 e. The molecule has 1 aromatic carbocycles. The first-order valence-corrected chi connectivity index (χ1v) is 9.89. The molecule has 0 saturated carbocycles. The number of benzene rings is 1. The number of para-hydroxylation sites is 1. The second kappa shape index (κ2) is 11.2. The van der Waals surface area contributed by atoms with Crippen LogP contribution in [0.1, 0.15) is 16.1 Å². The number of alkyl halides is 3. The van der Waals surface area contributed by atoms with Gasteiger partial charge in [-0.3, -0.25) is 4.79 Å². The van der Waals surface area contributed by atoms with E-state index in [2.05, 4.69) is 20.4 Å². The van der Waals surface area contributed by atoms with E-state index in [4.69, 9.17) is 14.9 Å². The summed E-state index contributed by atoms with van der Waals surface area (Å²) in [4.78, 5) is 20.0. The third-order valence-corrected chi connectivity index (χ3v) is 4.32. The first-order valence-electron chi connectivity index (χ1n) is 9.89. The molecule has 12 heteroatoms. The first kappa shape index (κ1) is 24.6. The Labute approximate surface area is 191 Å². The highest BCUT2D eigenvalue weighted by Gasteiger charge is 2.33. The fourth-order valence-electron chi connectivity index (χ4n) is 2.73. The first-order chi connectivity index (χ1) is 16.3. The molecule has 0 aliphatic rings. The minimum atomic E-state index is -4.55. The van der Waals surface area contributed by atoms with Gasteiger partial charge in [0.25, 0.3) is 5.91 Å². The maximum Gasteiger partial charge on any atom is 0.418 e. The maximum atomic E-state index is 12.9. The van der Waals surface area contributed by atoms with Crippen LogP contribution in [0.3, 0.4) is 0 Å². The van der Waals surface area contributed by atoms with Gasteiger partial charge >= 0.3 is 6.18 Å². The number of aromatic nitrogens is 4. The fraction of sp³-hybridized carbons (Fsp3) is 0.182. The molecule has 3 aromatic heterocycles. The monoisotopic (exact) mass is 475 g/mol. The average molecular weight is 475 g/mol. The lowest BCUT2D eigenvalue weighted by atomic mass is 10.1. The normalized spacial score (nSPS) is 11.1. The standard InChI is InChI=1S/C14H9F3N4O.C8H11NO3/c15-14(16,17)9-4-1-2-5-10(9)20-13(22)11-8-18-12-6-3-7-19-21(11)12;10-5-7(6-11)12-8-3-1-2-4-9-8/h1-8H,(H,20,22);1-4,7,10-11H,5-6H2. The third kappa shape index (κ3) is 6.27. The van der Waals surface area contributed by atoms with Crippen LogP contribution in [0.25, 0.3) is 5.65 Å².